The van der Waals surface area contributed by atoms with Crippen LogP contribution < -0.4 is 10.6 Å². The molecule has 4 nitrogen and oxygen atoms in total. The maximum absolute atomic E-state index is 11.2. The lowest BCUT2D eigenvalue weighted by Gasteiger charge is -2.11. The zero-order valence-electron chi connectivity index (χ0n) is 13.0. The molecule has 2 aromatic carbocycles. The van der Waals surface area contributed by atoms with Crippen molar-refractivity contribution in [1.82, 2.24) is 0 Å². The Kier molecular flexibility index (Phi) is 6.43. The molecular formula is C17H18N2O2S2. The molecule has 2 N–H and O–H groups in total. The minimum Gasteiger partial charge on any atom is -0.468 e. The molecule has 0 bridgehead atoms. The predicted molar refractivity (Wildman–Crippen MR) is 100 cm³/mol. The molecule has 0 unspecified atom stereocenters. The highest BCUT2D eigenvalue weighted by Gasteiger charge is 2.04. The second-order valence-corrected chi connectivity index (χ2v) is 6.29. The van der Waals surface area contributed by atoms with Crippen molar-refractivity contribution in [3.05, 3.63) is 54.1 Å². The van der Waals surface area contributed by atoms with E-state index in [9.17, 15) is 4.79 Å². The van der Waals surface area contributed by atoms with E-state index in [2.05, 4.69) is 15.4 Å². The van der Waals surface area contributed by atoms with Crippen LogP contribution in [0, 0.1) is 6.92 Å². The predicted octanol–water partition coefficient (Wildman–Crippen LogP) is 4.07. The van der Waals surface area contributed by atoms with Crippen LogP contribution >= 0.6 is 24.0 Å². The number of aryl methyl sites for hydroxylation is 1. The van der Waals surface area contributed by atoms with Gasteiger partial charge in [-0.1, -0.05) is 23.8 Å². The summed E-state index contributed by atoms with van der Waals surface area (Å²) in [6, 6.07) is 15.7. The van der Waals surface area contributed by atoms with Crippen LogP contribution in [0.2, 0.25) is 0 Å². The molecule has 0 saturated heterocycles. The number of anilines is 2. The Balaban J connectivity index is 1.92. The summed E-state index contributed by atoms with van der Waals surface area (Å²) in [5.74, 6) is 0.0383. The van der Waals surface area contributed by atoms with Crippen LogP contribution in [0.1, 0.15) is 5.56 Å². The average Bonchev–Trinajstić information content (AvgIpc) is 2.55. The van der Waals surface area contributed by atoms with Crippen LogP contribution in [0.4, 0.5) is 11.4 Å². The Bertz CT molecular complexity index is 687. The van der Waals surface area contributed by atoms with Crippen LogP contribution in [0.5, 0.6) is 0 Å². The van der Waals surface area contributed by atoms with Gasteiger partial charge in [0.25, 0.3) is 0 Å². The lowest BCUT2D eigenvalue weighted by molar-refractivity contribution is -0.137. The lowest BCUT2D eigenvalue weighted by Crippen LogP contribution is -2.19. The van der Waals surface area contributed by atoms with Gasteiger partial charge in [0.1, 0.15) is 0 Å². The molecule has 0 atom stereocenters. The molecule has 0 aliphatic carbocycles. The van der Waals surface area contributed by atoms with Crippen LogP contribution in [0.15, 0.2) is 53.4 Å². The zero-order valence-corrected chi connectivity index (χ0v) is 14.6. The fraction of sp³-hybridized carbons (Fsp3) is 0.176. The van der Waals surface area contributed by atoms with Crippen molar-refractivity contribution in [2.45, 2.75) is 11.8 Å². The minimum absolute atomic E-state index is 0.245. The third-order valence-electron chi connectivity index (χ3n) is 2.99. The quantitative estimate of drug-likeness (QED) is 0.483. The maximum atomic E-state index is 11.2. The summed E-state index contributed by atoms with van der Waals surface area (Å²) in [5, 5.41) is 6.79. The Morgan fingerprint density at radius 3 is 2.52 bits per heavy atom. The van der Waals surface area contributed by atoms with Crippen molar-refractivity contribution in [1.29, 1.82) is 0 Å². The Labute approximate surface area is 145 Å². The van der Waals surface area contributed by atoms with Crippen LogP contribution in [0.3, 0.4) is 0 Å². The van der Waals surface area contributed by atoms with Gasteiger partial charge in [0.2, 0.25) is 0 Å². The second kappa shape index (κ2) is 8.55. The Morgan fingerprint density at radius 1 is 1.13 bits per heavy atom. The highest BCUT2D eigenvalue weighted by molar-refractivity contribution is 8.00. The summed E-state index contributed by atoms with van der Waals surface area (Å²) in [4.78, 5) is 12.2. The van der Waals surface area contributed by atoms with E-state index >= 15 is 0 Å². The van der Waals surface area contributed by atoms with E-state index in [1.165, 1.54) is 24.4 Å². The van der Waals surface area contributed by atoms with Crippen LogP contribution in [-0.2, 0) is 9.53 Å². The van der Waals surface area contributed by atoms with Crippen molar-refractivity contribution >= 4 is 46.4 Å². The van der Waals surface area contributed by atoms with Crippen LogP contribution in [0.25, 0.3) is 0 Å². The average molecular weight is 346 g/mol. The number of hydrogen-bond donors (Lipinski definition) is 2. The summed E-state index contributed by atoms with van der Waals surface area (Å²) < 4.78 is 4.64. The molecule has 0 radical (unpaired) electrons. The van der Waals surface area contributed by atoms with E-state index in [4.69, 9.17) is 12.2 Å². The number of carbonyl (C=O) groups is 1. The summed E-state index contributed by atoms with van der Waals surface area (Å²) in [6.45, 7) is 2.04. The van der Waals surface area contributed by atoms with Crippen molar-refractivity contribution < 1.29 is 9.53 Å². The topological polar surface area (TPSA) is 50.4 Å². The number of ether oxygens (including phenoxy) is 1. The molecule has 0 saturated carbocycles. The van der Waals surface area contributed by atoms with Crippen molar-refractivity contribution in [3.63, 3.8) is 0 Å². The van der Waals surface area contributed by atoms with Gasteiger partial charge in [0, 0.05) is 16.3 Å². The third-order valence-corrected chi connectivity index (χ3v) is 4.16. The lowest BCUT2D eigenvalue weighted by atomic mass is 10.2. The first kappa shape index (κ1) is 17.3. The highest BCUT2D eigenvalue weighted by Crippen LogP contribution is 2.22. The van der Waals surface area contributed by atoms with Crippen molar-refractivity contribution in [3.8, 4) is 0 Å². The van der Waals surface area contributed by atoms with E-state index in [0.29, 0.717) is 5.11 Å². The molecule has 2 aromatic rings. The van der Waals surface area contributed by atoms with E-state index < -0.39 is 0 Å². The molecule has 6 heteroatoms. The first-order valence-corrected chi connectivity index (χ1v) is 8.40. The smallest absolute Gasteiger partial charge is 0.315 e. The maximum Gasteiger partial charge on any atom is 0.315 e. The number of benzene rings is 2. The van der Waals surface area contributed by atoms with Gasteiger partial charge in [-0.2, -0.15) is 0 Å². The number of thiocarbonyl (C=S) groups is 1. The van der Waals surface area contributed by atoms with E-state index in [0.717, 1.165) is 16.3 Å². The number of thioether (sulfide) groups is 1. The SMILES string of the molecule is COC(=O)CSc1cccc(NC(=S)Nc2ccc(C)cc2)c1. The molecule has 120 valence electrons. The molecule has 0 amide bonds. The van der Waals surface area contributed by atoms with E-state index in [1.807, 2.05) is 55.5 Å². The van der Waals surface area contributed by atoms with Crippen molar-refractivity contribution in [2.24, 2.45) is 0 Å². The van der Waals surface area contributed by atoms with Gasteiger partial charge in [-0.15, -0.1) is 11.8 Å². The number of carbonyl (C=O) groups excluding carboxylic acids is 1. The summed E-state index contributed by atoms with van der Waals surface area (Å²) in [6.07, 6.45) is 0. The molecule has 0 aliphatic heterocycles. The molecule has 0 aromatic heterocycles. The largest absolute Gasteiger partial charge is 0.468 e. The fourth-order valence-electron chi connectivity index (χ4n) is 1.80. The molecule has 0 fully saturated rings. The first-order chi connectivity index (χ1) is 11.1. The molecule has 0 aliphatic rings. The molecule has 2 rings (SSSR count). The highest BCUT2D eigenvalue weighted by atomic mass is 32.2. The van der Waals surface area contributed by atoms with E-state index in [1.54, 1.807) is 0 Å². The van der Waals surface area contributed by atoms with Gasteiger partial charge in [-0.3, -0.25) is 4.79 Å². The van der Waals surface area contributed by atoms with Gasteiger partial charge in [0.05, 0.1) is 12.9 Å². The molecule has 0 heterocycles. The number of nitrogens with one attached hydrogen (secondary N) is 2. The number of hydrogen-bond acceptors (Lipinski definition) is 4. The minimum atomic E-state index is -0.245. The van der Waals surface area contributed by atoms with Gasteiger partial charge in [-0.25, -0.2) is 0 Å². The van der Waals surface area contributed by atoms with Gasteiger partial charge >= 0.3 is 5.97 Å². The normalized spacial score (nSPS) is 10.0. The molecular weight excluding hydrogens is 328 g/mol. The summed E-state index contributed by atoms with van der Waals surface area (Å²) >= 11 is 6.74. The number of esters is 1. The third kappa shape index (κ3) is 5.92. The monoisotopic (exact) mass is 346 g/mol. The van der Waals surface area contributed by atoms with Crippen molar-refractivity contribution in [2.75, 3.05) is 23.5 Å². The Morgan fingerprint density at radius 2 is 1.83 bits per heavy atom. The van der Waals surface area contributed by atoms with Gasteiger partial charge in [-0.05, 0) is 49.5 Å². The number of methoxy groups -OCH3 is 1. The second-order valence-electron chi connectivity index (χ2n) is 4.84. The summed E-state index contributed by atoms with van der Waals surface area (Å²) in [7, 11) is 1.38. The van der Waals surface area contributed by atoms with Crippen LogP contribution in [-0.4, -0.2) is 23.9 Å². The van der Waals surface area contributed by atoms with Gasteiger partial charge in [0.15, 0.2) is 5.11 Å². The van der Waals surface area contributed by atoms with E-state index in [-0.39, 0.29) is 11.7 Å². The Hall–Kier alpha value is -2.05. The first-order valence-electron chi connectivity index (χ1n) is 7.01. The summed E-state index contributed by atoms with van der Waals surface area (Å²) in [5.41, 5.74) is 3.00. The standard InChI is InChI=1S/C17H18N2O2S2/c1-12-6-8-13(9-7-12)18-17(22)19-14-4-3-5-15(10-14)23-11-16(20)21-2/h3-10H,11H2,1-2H3,(H2,18,19,22). The van der Waals surface area contributed by atoms with Gasteiger partial charge < -0.3 is 15.4 Å². The zero-order chi connectivity index (χ0) is 16.7. The molecule has 23 heavy (non-hydrogen) atoms. The number of rotatable bonds is 5. The molecule has 0 spiro atoms. The fourth-order valence-corrected chi connectivity index (χ4v) is 2.82.